The molecule has 1 aromatic rings. The fourth-order valence-corrected chi connectivity index (χ4v) is 4.08. The zero-order valence-electron chi connectivity index (χ0n) is 15.7. The highest BCUT2D eigenvalue weighted by Crippen LogP contribution is 2.23. The van der Waals surface area contributed by atoms with E-state index in [1.165, 1.54) is 38.9 Å². The molecule has 1 aromatic carbocycles. The summed E-state index contributed by atoms with van der Waals surface area (Å²) in [5.41, 5.74) is 0.768. The zero-order valence-corrected chi connectivity index (χ0v) is 15.7. The third kappa shape index (κ3) is 4.97. The molecule has 2 fully saturated rings. The molecule has 4 nitrogen and oxygen atoms in total. The summed E-state index contributed by atoms with van der Waals surface area (Å²) >= 11 is 0. The van der Waals surface area contributed by atoms with E-state index in [4.69, 9.17) is 4.74 Å². The average molecular weight is 344 g/mol. The minimum absolute atomic E-state index is 0.162. The highest BCUT2D eigenvalue weighted by Gasteiger charge is 2.24. The molecule has 3 rings (SSSR count). The van der Waals surface area contributed by atoms with Crippen LogP contribution in [0.4, 0.5) is 0 Å². The molecule has 0 aliphatic carbocycles. The van der Waals surface area contributed by atoms with E-state index < -0.39 is 0 Å². The molecule has 2 aliphatic rings. The predicted octanol–water partition coefficient (Wildman–Crippen LogP) is 3.67. The van der Waals surface area contributed by atoms with Gasteiger partial charge in [0.1, 0.15) is 5.75 Å². The van der Waals surface area contributed by atoms with Crippen molar-refractivity contribution in [2.75, 3.05) is 39.8 Å². The van der Waals surface area contributed by atoms with Gasteiger partial charge < -0.3 is 14.5 Å². The molecular formula is C21H32N2O2. The van der Waals surface area contributed by atoms with Crippen LogP contribution in [0.3, 0.4) is 0 Å². The first kappa shape index (κ1) is 18.2. The number of benzene rings is 1. The Bertz CT molecular complexity index is 550. The van der Waals surface area contributed by atoms with Gasteiger partial charge in [-0.1, -0.05) is 6.92 Å². The predicted molar refractivity (Wildman–Crippen MR) is 101 cm³/mol. The number of nitrogens with zero attached hydrogens (tertiary/aromatic N) is 2. The first-order chi connectivity index (χ1) is 12.2. The zero-order chi connectivity index (χ0) is 17.6. The van der Waals surface area contributed by atoms with E-state index in [9.17, 15) is 4.79 Å². The first-order valence-corrected chi connectivity index (χ1v) is 9.81. The third-order valence-electron chi connectivity index (χ3n) is 5.86. The fourth-order valence-electron chi connectivity index (χ4n) is 4.08. The van der Waals surface area contributed by atoms with Gasteiger partial charge in [0.15, 0.2) is 0 Å². The summed E-state index contributed by atoms with van der Waals surface area (Å²) in [5, 5.41) is 0. The van der Waals surface area contributed by atoms with Gasteiger partial charge in [0.25, 0.3) is 5.91 Å². The SMILES string of the molecule is COc1ccc(C(=O)N2CCCC(CN3CCC(C)CC3)CC2)cc1. The molecule has 1 unspecified atom stereocenters. The Balaban J connectivity index is 1.51. The van der Waals surface area contributed by atoms with Gasteiger partial charge in [0.2, 0.25) is 0 Å². The van der Waals surface area contributed by atoms with Gasteiger partial charge in [-0.25, -0.2) is 0 Å². The van der Waals surface area contributed by atoms with Gasteiger partial charge >= 0.3 is 0 Å². The van der Waals surface area contributed by atoms with E-state index in [-0.39, 0.29) is 5.91 Å². The van der Waals surface area contributed by atoms with Gasteiger partial charge in [0.05, 0.1) is 7.11 Å². The summed E-state index contributed by atoms with van der Waals surface area (Å²) in [5.74, 6) is 2.59. The molecule has 2 saturated heterocycles. The number of methoxy groups -OCH3 is 1. The van der Waals surface area contributed by atoms with Crippen molar-refractivity contribution in [3.8, 4) is 5.75 Å². The molecule has 0 radical (unpaired) electrons. The number of hydrogen-bond acceptors (Lipinski definition) is 3. The Morgan fingerprint density at radius 2 is 1.76 bits per heavy atom. The van der Waals surface area contributed by atoms with Gasteiger partial charge in [-0.05, 0) is 81.3 Å². The van der Waals surface area contributed by atoms with Crippen LogP contribution in [0.15, 0.2) is 24.3 Å². The van der Waals surface area contributed by atoms with Crippen LogP contribution in [-0.4, -0.2) is 55.5 Å². The van der Waals surface area contributed by atoms with Gasteiger partial charge in [-0.3, -0.25) is 4.79 Å². The lowest BCUT2D eigenvalue weighted by Gasteiger charge is -2.32. The summed E-state index contributed by atoms with van der Waals surface area (Å²) in [4.78, 5) is 17.4. The Morgan fingerprint density at radius 1 is 1.04 bits per heavy atom. The van der Waals surface area contributed by atoms with Crippen molar-refractivity contribution in [3.63, 3.8) is 0 Å². The van der Waals surface area contributed by atoms with Crippen molar-refractivity contribution in [2.45, 2.75) is 39.0 Å². The molecule has 25 heavy (non-hydrogen) atoms. The Kier molecular flexibility index (Phi) is 6.35. The van der Waals surface area contributed by atoms with E-state index in [0.717, 1.165) is 49.1 Å². The summed E-state index contributed by atoms with van der Waals surface area (Å²) in [6.45, 7) is 7.87. The first-order valence-electron chi connectivity index (χ1n) is 9.81. The van der Waals surface area contributed by atoms with Gasteiger partial charge in [-0.15, -0.1) is 0 Å². The molecule has 0 aromatic heterocycles. The van der Waals surface area contributed by atoms with Crippen molar-refractivity contribution < 1.29 is 9.53 Å². The average Bonchev–Trinajstić information content (AvgIpc) is 2.89. The lowest BCUT2D eigenvalue weighted by molar-refractivity contribution is 0.0758. The van der Waals surface area contributed by atoms with Crippen LogP contribution >= 0.6 is 0 Å². The van der Waals surface area contributed by atoms with E-state index in [2.05, 4.69) is 11.8 Å². The van der Waals surface area contributed by atoms with Crippen LogP contribution in [0.25, 0.3) is 0 Å². The number of likely N-dealkylation sites (tertiary alicyclic amines) is 2. The molecule has 0 saturated carbocycles. The largest absolute Gasteiger partial charge is 0.497 e. The maximum Gasteiger partial charge on any atom is 0.253 e. The van der Waals surface area contributed by atoms with Gasteiger partial charge in [-0.2, -0.15) is 0 Å². The van der Waals surface area contributed by atoms with Crippen molar-refractivity contribution in [1.82, 2.24) is 9.80 Å². The minimum atomic E-state index is 0.162. The van der Waals surface area contributed by atoms with Crippen molar-refractivity contribution >= 4 is 5.91 Å². The van der Waals surface area contributed by atoms with Crippen LogP contribution in [0.1, 0.15) is 49.4 Å². The topological polar surface area (TPSA) is 32.8 Å². The summed E-state index contributed by atoms with van der Waals surface area (Å²) in [6, 6.07) is 7.48. The van der Waals surface area contributed by atoms with Crippen molar-refractivity contribution in [2.24, 2.45) is 11.8 Å². The lowest BCUT2D eigenvalue weighted by atomic mass is 9.95. The Labute approximate surface area is 152 Å². The number of piperidine rings is 1. The number of hydrogen-bond donors (Lipinski definition) is 0. The van der Waals surface area contributed by atoms with E-state index in [0.29, 0.717) is 0 Å². The van der Waals surface area contributed by atoms with Crippen LogP contribution < -0.4 is 4.74 Å². The number of carbonyl (C=O) groups is 1. The van der Waals surface area contributed by atoms with E-state index in [1.54, 1.807) is 7.11 Å². The molecule has 0 N–H and O–H groups in total. The summed E-state index contributed by atoms with van der Waals surface area (Å²) in [7, 11) is 1.65. The lowest BCUT2D eigenvalue weighted by Crippen LogP contribution is -2.37. The third-order valence-corrected chi connectivity index (χ3v) is 5.86. The molecule has 1 amide bonds. The van der Waals surface area contributed by atoms with Crippen LogP contribution in [0.2, 0.25) is 0 Å². The van der Waals surface area contributed by atoms with Crippen LogP contribution in [-0.2, 0) is 0 Å². The normalized spacial score (nSPS) is 23.3. The van der Waals surface area contributed by atoms with E-state index in [1.807, 2.05) is 29.2 Å². The molecule has 4 heteroatoms. The standard InChI is InChI=1S/C21H32N2O2/c1-17-9-13-22(14-10-17)16-18-4-3-12-23(15-11-18)21(24)19-5-7-20(25-2)8-6-19/h5-8,17-18H,3-4,9-16H2,1-2H3. The number of amides is 1. The molecule has 0 spiro atoms. The molecule has 2 heterocycles. The van der Waals surface area contributed by atoms with Crippen molar-refractivity contribution in [3.05, 3.63) is 29.8 Å². The minimum Gasteiger partial charge on any atom is -0.497 e. The monoisotopic (exact) mass is 344 g/mol. The number of ether oxygens (including phenoxy) is 1. The molecular weight excluding hydrogens is 312 g/mol. The second kappa shape index (κ2) is 8.70. The van der Waals surface area contributed by atoms with Crippen LogP contribution in [0, 0.1) is 11.8 Å². The second-order valence-electron chi connectivity index (χ2n) is 7.80. The van der Waals surface area contributed by atoms with E-state index >= 15 is 0 Å². The smallest absolute Gasteiger partial charge is 0.253 e. The molecule has 1 atom stereocenters. The Morgan fingerprint density at radius 3 is 2.44 bits per heavy atom. The maximum atomic E-state index is 12.8. The molecule has 0 bridgehead atoms. The highest BCUT2D eigenvalue weighted by atomic mass is 16.5. The summed E-state index contributed by atoms with van der Waals surface area (Å²) < 4.78 is 5.18. The Hall–Kier alpha value is -1.55. The van der Waals surface area contributed by atoms with Crippen molar-refractivity contribution in [1.29, 1.82) is 0 Å². The second-order valence-corrected chi connectivity index (χ2v) is 7.80. The fraction of sp³-hybridized carbons (Fsp3) is 0.667. The highest BCUT2D eigenvalue weighted by molar-refractivity contribution is 5.94. The number of carbonyl (C=O) groups excluding carboxylic acids is 1. The van der Waals surface area contributed by atoms with Crippen LogP contribution in [0.5, 0.6) is 5.75 Å². The molecule has 2 aliphatic heterocycles. The quantitative estimate of drug-likeness (QED) is 0.835. The maximum absolute atomic E-state index is 12.8. The van der Waals surface area contributed by atoms with Gasteiger partial charge in [0, 0.05) is 25.2 Å². The molecule has 138 valence electrons. The summed E-state index contributed by atoms with van der Waals surface area (Å²) in [6.07, 6.45) is 6.19. The number of rotatable bonds is 4.